The summed E-state index contributed by atoms with van der Waals surface area (Å²) in [6.45, 7) is 0.488. The van der Waals surface area contributed by atoms with E-state index in [0.29, 0.717) is 13.0 Å². The molecule has 5 nitrogen and oxygen atoms in total. The largest absolute Gasteiger partial charge is 0.433 e. The van der Waals surface area contributed by atoms with Gasteiger partial charge in [-0.15, -0.1) is 0 Å². The minimum atomic E-state index is -0.508. The van der Waals surface area contributed by atoms with Crippen LogP contribution in [-0.2, 0) is 14.3 Å². The zero-order valence-corrected chi connectivity index (χ0v) is 11.2. The van der Waals surface area contributed by atoms with Crippen LogP contribution >= 0.6 is 0 Å². The summed E-state index contributed by atoms with van der Waals surface area (Å²) in [5.41, 5.74) is 6.28. The van der Waals surface area contributed by atoms with Crippen LogP contribution in [0.3, 0.4) is 0 Å². The topological polar surface area (TPSA) is 72.6 Å². The quantitative estimate of drug-likeness (QED) is 0.660. The summed E-state index contributed by atoms with van der Waals surface area (Å²) < 4.78 is 5.10. The van der Waals surface area contributed by atoms with Crippen molar-refractivity contribution in [3.63, 3.8) is 0 Å². The van der Waals surface area contributed by atoms with Crippen molar-refractivity contribution in [3.8, 4) is 0 Å². The van der Waals surface area contributed by atoms with E-state index in [1.807, 2.05) is 30.3 Å². The summed E-state index contributed by atoms with van der Waals surface area (Å²) >= 11 is 0. The van der Waals surface area contributed by atoms with Crippen LogP contribution in [0.5, 0.6) is 0 Å². The highest BCUT2D eigenvalue weighted by molar-refractivity contribution is 5.86. The Morgan fingerprint density at radius 3 is 2.80 bits per heavy atom. The van der Waals surface area contributed by atoms with Crippen molar-refractivity contribution in [2.24, 2.45) is 5.73 Å². The number of hydrogen-bond donors (Lipinski definition) is 1. The van der Waals surface area contributed by atoms with Crippen molar-refractivity contribution < 1.29 is 14.3 Å². The summed E-state index contributed by atoms with van der Waals surface area (Å²) in [5.74, 6) is -0.618. The molecule has 1 saturated heterocycles. The molecule has 1 heterocycles. The van der Waals surface area contributed by atoms with Crippen molar-refractivity contribution in [2.45, 2.75) is 18.9 Å². The molecule has 1 fully saturated rings. The van der Waals surface area contributed by atoms with Crippen LogP contribution in [0.25, 0.3) is 6.08 Å². The van der Waals surface area contributed by atoms with Crippen molar-refractivity contribution >= 4 is 18.0 Å². The fourth-order valence-corrected chi connectivity index (χ4v) is 2.25. The van der Waals surface area contributed by atoms with Crippen LogP contribution in [0.2, 0.25) is 0 Å². The highest BCUT2D eigenvalue weighted by Crippen LogP contribution is 2.18. The SMILES string of the molecule is NCC(=O)N1CCC[C@H]1C(=O)O/C=C/c1ccccc1. The van der Waals surface area contributed by atoms with Crippen molar-refractivity contribution in [1.29, 1.82) is 0 Å². The minimum Gasteiger partial charge on any atom is -0.433 e. The molecule has 2 N–H and O–H groups in total. The zero-order valence-electron chi connectivity index (χ0n) is 11.2. The van der Waals surface area contributed by atoms with Gasteiger partial charge in [0.15, 0.2) is 0 Å². The normalized spacial score (nSPS) is 18.4. The van der Waals surface area contributed by atoms with Crippen LogP contribution in [0.4, 0.5) is 0 Å². The standard InChI is InChI=1S/C15H18N2O3/c16-11-14(18)17-9-4-7-13(17)15(19)20-10-8-12-5-2-1-3-6-12/h1-3,5-6,8,10,13H,4,7,9,11,16H2/b10-8+/t13-/m0/s1. The molecule has 2 rings (SSSR count). The van der Waals surface area contributed by atoms with Gasteiger partial charge in [0, 0.05) is 6.54 Å². The molecule has 20 heavy (non-hydrogen) atoms. The number of benzene rings is 1. The number of rotatable bonds is 4. The molecule has 0 radical (unpaired) electrons. The van der Waals surface area contributed by atoms with Crippen LogP contribution < -0.4 is 5.73 Å². The van der Waals surface area contributed by atoms with E-state index in [2.05, 4.69) is 0 Å². The van der Waals surface area contributed by atoms with Crippen LogP contribution in [-0.4, -0.2) is 35.9 Å². The molecule has 5 heteroatoms. The number of carbonyl (C=O) groups excluding carboxylic acids is 2. The van der Waals surface area contributed by atoms with E-state index >= 15 is 0 Å². The number of amides is 1. The number of likely N-dealkylation sites (tertiary alicyclic amines) is 1. The summed E-state index contributed by atoms with van der Waals surface area (Å²) in [6.07, 6.45) is 4.50. The van der Waals surface area contributed by atoms with E-state index in [0.717, 1.165) is 12.0 Å². The molecule has 0 unspecified atom stereocenters. The highest BCUT2D eigenvalue weighted by Gasteiger charge is 2.34. The Bertz CT molecular complexity index is 499. The molecule has 106 valence electrons. The smallest absolute Gasteiger partial charge is 0.333 e. The lowest BCUT2D eigenvalue weighted by atomic mass is 10.2. The van der Waals surface area contributed by atoms with E-state index in [9.17, 15) is 9.59 Å². The Morgan fingerprint density at radius 2 is 2.10 bits per heavy atom. The van der Waals surface area contributed by atoms with Crippen LogP contribution in [0.1, 0.15) is 18.4 Å². The molecule has 0 aliphatic carbocycles. The molecule has 1 amide bonds. The van der Waals surface area contributed by atoms with Gasteiger partial charge >= 0.3 is 5.97 Å². The Morgan fingerprint density at radius 1 is 1.35 bits per heavy atom. The third kappa shape index (κ3) is 3.45. The summed E-state index contributed by atoms with van der Waals surface area (Å²) in [5, 5.41) is 0. The Balaban J connectivity index is 1.91. The van der Waals surface area contributed by atoms with E-state index in [1.165, 1.54) is 11.2 Å². The monoisotopic (exact) mass is 274 g/mol. The predicted molar refractivity (Wildman–Crippen MR) is 75.4 cm³/mol. The molecule has 1 aliphatic rings. The van der Waals surface area contributed by atoms with Gasteiger partial charge in [0.05, 0.1) is 12.8 Å². The maximum atomic E-state index is 12.0. The van der Waals surface area contributed by atoms with Gasteiger partial charge in [0.25, 0.3) is 0 Å². The maximum Gasteiger partial charge on any atom is 0.333 e. The van der Waals surface area contributed by atoms with E-state index in [1.54, 1.807) is 6.08 Å². The maximum absolute atomic E-state index is 12.0. The highest BCUT2D eigenvalue weighted by atomic mass is 16.5. The third-order valence-electron chi connectivity index (χ3n) is 3.26. The van der Waals surface area contributed by atoms with Gasteiger partial charge in [-0.2, -0.15) is 0 Å². The van der Waals surface area contributed by atoms with Gasteiger partial charge in [-0.25, -0.2) is 4.79 Å². The predicted octanol–water partition coefficient (Wildman–Crippen LogP) is 1.15. The van der Waals surface area contributed by atoms with E-state index in [4.69, 9.17) is 10.5 Å². The molecule has 0 aromatic heterocycles. The summed E-state index contributed by atoms with van der Waals surface area (Å²) in [7, 11) is 0. The van der Waals surface area contributed by atoms with Gasteiger partial charge in [-0.3, -0.25) is 4.79 Å². The number of nitrogens with two attached hydrogens (primary N) is 1. The Labute approximate surface area is 118 Å². The van der Waals surface area contributed by atoms with E-state index < -0.39 is 12.0 Å². The molecule has 1 atom stereocenters. The second-order valence-corrected chi connectivity index (χ2v) is 4.60. The average Bonchev–Trinajstić information content (AvgIpc) is 2.97. The van der Waals surface area contributed by atoms with Crippen molar-refractivity contribution in [2.75, 3.05) is 13.1 Å². The summed E-state index contributed by atoms with van der Waals surface area (Å²) in [4.78, 5) is 25.1. The minimum absolute atomic E-state index is 0.0797. The summed E-state index contributed by atoms with van der Waals surface area (Å²) in [6, 6.07) is 9.03. The third-order valence-corrected chi connectivity index (χ3v) is 3.26. The van der Waals surface area contributed by atoms with Crippen LogP contribution in [0.15, 0.2) is 36.6 Å². The first-order valence-corrected chi connectivity index (χ1v) is 6.64. The molecular weight excluding hydrogens is 256 g/mol. The number of ether oxygens (including phenoxy) is 1. The molecule has 0 saturated carbocycles. The number of esters is 1. The molecule has 1 aliphatic heterocycles. The van der Waals surface area contributed by atoms with Gasteiger partial charge < -0.3 is 15.4 Å². The second kappa shape index (κ2) is 6.86. The molecule has 0 spiro atoms. The molecule has 0 bridgehead atoms. The van der Waals surface area contributed by atoms with Gasteiger partial charge in [-0.05, 0) is 24.5 Å². The van der Waals surface area contributed by atoms with Crippen molar-refractivity contribution in [3.05, 3.63) is 42.2 Å². The lowest BCUT2D eigenvalue weighted by molar-refractivity contribution is -0.148. The first kappa shape index (κ1) is 14.3. The van der Waals surface area contributed by atoms with Gasteiger partial charge in [-0.1, -0.05) is 30.3 Å². The molecular formula is C15H18N2O3. The lowest BCUT2D eigenvalue weighted by Gasteiger charge is -2.21. The number of nitrogens with zero attached hydrogens (tertiary/aromatic N) is 1. The van der Waals surface area contributed by atoms with Crippen molar-refractivity contribution in [1.82, 2.24) is 4.90 Å². The molecule has 1 aromatic carbocycles. The average molecular weight is 274 g/mol. The van der Waals surface area contributed by atoms with Gasteiger partial charge in [0.2, 0.25) is 5.91 Å². The number of carbonyl (C=O) groups is 2. The fourth-order valence-electron chi connectivity index (χ4n) is 2.25. The molecule has 1 aromatic rings. The first-order valence-electron chi connectivity index (χ1n) is 6.64. The first-order chi connectivity index (χ1) is 9.72. The fraction of sp³-hybridized carbons (Fsp3) is 0.333. The van der Waals surface area contributed by atoms with E-state index in [-0.39, 0.29) is 12.5 Å². The second-order valence-electron chi connectivity index (χ2n) is 4.60. The van der Waals surface area contributed by atoms with Crippen LogP contribution in [0, 0.1) is 0 Å². The number of hydrogen-bond acceptors (Lipinski definition) is 4. The lowest BCUT2D eigenvalue weighted by Crippen LogP contribution is -2.43. The Kier molecular flexibility index (Phi) is 4.90. The Hall–Kier alpha value is -2.14. The zero-order chi connectivity index (χ0) is 14.4. The van der Waals surface area contributed by atoms with Gasteiger partial charge in [0.1, 0.15) is 6.04 Å².